The molecule has 0 spiro atoms. The van der Waals surface area contributed by atoms with Gasteiger partial charge < -0.3 is 14.8 Å². The number of thiazole rings is 1. The zero-order valence-corrected chi connectivity index (χ0v) is 18.7. The summed E-state index contributed by atoms with van der Waals surface area (Å²) in [5.74, 6) is -0.793. The van der Waals surface area contributed by atoms with Crippen LogP contribution in [0.2, 0.25) is 10.0 Å². The standard InChI is InChI=1S/C21H18Cl2N2O4S/c1-11-7-16(18(28-3)9-15(11)23)24-19(26)12(2)29-21(27)17-10-30-20(25-17)13-5-4-6-14(22)8-13/h4-10,12H,1-3H3,(H,24,26). The van der Waals surface area contributed by atoms with E-state index in [1.165, 1.54) is 25.4 Å². The lowest BCUT2D eigenvalue weighted by atomic mass is 10.2. The van der Waals surface area contributed by atoms with Crippen LogP contribution in [0, 0.1) is 6.92 Å². The van der Waals surface area contributed by atoms with Gasteiger partial charge in [0.1, 0.15) is 10.8 Å². The van der Waals surface area contributed by atoms with Crippen molar-refractivity contribution in [2.24, 2.45) is 0 Å². The van der Waals surface area contributed by atoms with Gasteiger partial charge >= 0.3 is 5.97 Å². The highest BCUT2D eigenvalue weighted by atomic mass is 35.5. The van der Waals surface area contributed by atoms with Crippen molar-refractivity contribution in [1.29, 1.82) is 0 Å². The normalized spacial score (nSPS) is 11.6. The van der Waals surface area contributed by atoms with Crippen LogP contribution in [-0.2, 0) is 9.53 Å². The Balaban J connectivity index is 1.67. The third kappa shape index (κ3) is 5.11. The first-order valence-electron chi connectivity index (χ1n) is 8.86. The van der Waals surface area contributed by atoms with Gasteiger partial charge in [-0.25, -0.2) is 9.78 Å². The lowest BCUT2D eigenvalue weighted by molar-refractivity contribution is -0.123. The minimum absolute atomic E-state index is 0.120. The molecule has 1 heterocycles. The molecule has 9 heteroatoms. The number of benzene rings is 2. The molecule has 0 radical (unpaired) electrons. The molecule has 0 fully saturated rings. The Labute approximate surface area is 187 Å². The number of anilines is 1. The summed E-state index contributed by atoms with van der Waals surface area (Å²) in [6.07, 6.45) is -1.05. The van der Waals surface area contributed by atoms with Gasteiger partial charge in [-0.15, -0.1) is 11.3 Å². The lowest BCUT2D eigenvalue weighted by Crippen LogP contribution is -2.30. The molecular formula is C21H18Cl2N2O4S. The van der Waals surface area contributed by atoms with Crippen LogP contribution in [0.5, 0.6) is 5.75 Å². The van der Waals surface area contributed by atoms with Crippen LogP contribution in [0.3, 0.4) is 0 Å². The van der Waals surface area contributed by atoms with E-state index in [1.807, 2.05) is 6.07 Å². The molecule has 30 heavy (non-hydrogen) atoms. The maximum atomic E-state index is 12.5. The highest BCUT2D eigenvalue weighted by Gasteiger charge is 2.22. The summed E-state index contributed by atoms with van der Waals surface area (Å²) in [4.78, 5) is 29.2. The number of aryl methyl sites for hydroxylation is 1. The highest BCUT2D eigenvalue weighted by Crippen LogP contribution is 2.31. The Morgan fingerprint density at radius 2 is 1.97 bits per heavy atom. The smallest absolute Gasteiger partial charge is 0.358 e. The number of carbonyl (C=O) groups is 2. The van der Waals surface area contributed by atoms with Gasteiger partial charge in [0.25, 0.3) is 5.91 Å². The molecule has 1 aromatic heterocycles. The molecule has 1 amide bonds. The van der Waals surface area contributed by atoms with Crippen molar-refractivity contribution in [3.8, 4) is 16.3 Å². The van der Waals surface area contributed by atoms with Crippen molar-refractivity contribution in [1.82, 2.24) is 4.98 Å². The number of ether oxygens (including phenoxy) is 2. The molecule has 2 aromatic carbocycles. The number of amides is 1. The van der Waals surface area contributed by atoms with Crippen LogP contribution in [0.1, 0.15) is 23.0 Å². The number of nitrogens with zero attached hydrogens (tertiary/aromatic N) is 1. The topological polar surface area (TPSA) is 77.5 Å². The van der Waals surface area contributed by atoms with Crippen LogP contribution in [0.4, 0.5) is 5.69 Å². The largest absolute Gasteiger partial charge is 0.495 e. The van der Waals surface area contributed by atoms with Crippen LogP contribution < -0.4 is 10.1 Å². The summed E-state index contributed by atoms with van der Waals surface area (Å²) in [5.41, 5.74) is 2.12. The number of methoxy groups -OCH3 is 1. The van der Waals surface area contributed by atoms with E-state index < -0.39 is 18.0 Å². The van der Waals surface area contributed by atoms with Crippen LogP contribution >= 0.6 is 34.5 Å². The van der Waals surface area contributed by atoms with E-state index in [-0.39, 0.29) is 5.69 Å². The Morgan fingerprint density at radius 1 is 1.20 bits per heavy atom. The predicted molar refractivity (Wildman–Crippen MR) is 119 cm³/mol. The van der Waals surface area contributed by atoms with E-state index in [4.69, 9.17) is 32.7 Å². The van der Waals surface area contributed by atoms with Gasteiger partial charge in [-0.2, -0.15) is 0 Å². The lowest BCUT2D eigenvalue weighted by Gasteiger charge is -2.15. The van der Waals surface area contributed by atoms with Crippen LogP contribution in [-0.4, -0.2) is 30.1 Å². The van der Waals surface area contributed by atoms with Gasteiger partial charge in [0.2, 0.25) is 0 Å². The molecule has 0 saturated carbocycles. The molecule has 6 nitrogen and oxygen atoms in total. The molecule has 156 valence electrons. The van der Waals surface area contributed by atoms with E-state index in [9.17, 15) is 9.59 Å². The van der Waals surface area contributed by atoms with Crippen molar-refractivity contribution in [3.63, 3.8) is 0 Å². The summed E-state index contributed by atoms with van der Waals surface area (Å²) < 4.78 is 10.5. The van der Waals surface area contributed by atoms with E-state index in [0.717, 1.165) is 11.1 Å². The van der Waals surface area contributed by atoms with E-state index >= 15 is 0 Å². The Hall–Kier alpha value is -2.61. The van der Waals surface area contributed by atoms with Crippen molar-refractivity contribution < 1.29 is 19.1 Å². The molecule has 3 aromatic rings. The predicted octanol–water partition coefficient (Wildman–Crippen LogP) is 5.62. The van der Waals surface area contributed by atoms with E-state index in [1.54, 1.807) is 42.6 Å². The zero-order valence-electron chi connectivity index (χ0n) is 16.4. The molecule has 1 unspecified atom stereocenters. The maximum absolute atomic E-state index is 12.5. The SMILES string of the molecule is COc1cc(Cl)c(C)cc1NC(=O)C(C)OC(=O)c1csc(-c2cccc(Cl)c2)n1. The quantitative estimate of drug-likeness (QED) is 0.479. The summed E-state index contributed by atoms with van der Waals surface area (Å²) in [6, 6.07) is 10.5. The van der Waals surface area contributed by atoms with Gasteiger partial charge in [-0.05, 0) is 37.6 Å². The Kier molecular flexibility index (Phi) is 6.97. The van der Waals surface area contributed by atoms with Crippen molar-refractivity contribution in [2.45, 2.75) is 20.0 Å². The second kappa shape index (κ2) is 9.47. The number of carbonyl (C=O) groups excluding carboxylic acids is 2. The average molecular weight is 465 g/mol. The van der Waals surface area contributed by atoms with Gasteiger partial charge in [0.05, 0.1) is 12.8 Å². The van der Waals surface area contributed by atoms with Crippen molar-refractivity contribution in [3.05, 3.63) is 63.1 Å². The second-order valence-electron chi connectivity index (χ2n) is 6.39. The molecule has 3 rings (SSSR count). The molecular weight excluding hydrogens is 447 g/mol. The van der Waals surface area contributed by atoms with Gasteiger partial charge in [0, 0.05) is 27.1 Å². The second-order valence-corrected chi connectivity index (χ2v) is 8.09. The monoisotopic (exact) mass is 464 g/mol. The molecule has 0 aliphatic heterocycles. The fourth-order valence-electron chi connectivity index (χ4n) is 2.56. The summed E-state index contributed by atoms with van der Waals surface area (Å²) in [6.45, 7) is 3.29. The molecule has 1 N–H and O–H groups in total. The number of esters is 1. The Bertz CT molecular complexity index is 1100. The number of hydrogen-bond donors (Lipinski definition) is 1. The minimum Gasteiger partial charge on any atom is -0.495 e. The fourth-order valence-corrected chi connectivity index (χ4v) is 3.69. The third-order valence-electron chi connectivity index (χ3n) is 4.18. The van der Waals surface area contributed by atoms with Crippen molar-refractivity contribution >= 4 is 52.1 Å². The minimum atomic E-state index is -1.05. The van der Waals surface area contributed by atoms with Gasteiger partial charge in [0.15, 0.2) is 11.8 Å². The molecule has 0 aliphatic carbocycles. The van der Waals surface area contributed by atoms with Gasteiger partial charge in [-0.3, -0.25) is 4.79 Å². The number of nitrogens with one attached hydrogen (secondary N) is 1. The molecule has 1 atom stereocenters. The number of aromatic nitrogens is 1. The first-order valence-corrected chi connectivity index (χ1v) is 10.5. The summed E-state index contributed by atoms with van der Waals surface area (Å²) in [5, 5.41) is 5.99. The molecule has 0 bridgehead atoms. The van der Waals surface area contributed by atoms with E-state index in [2.05, 4.69) is 10.3 Å². The summed E-state index contributed by atoms with van der Waals surface area (Å²) >= 11 is 13.4. The van der Waals surface area contributed by atoms with Gasteiger partial charge in [-0.1, -0.05) is 35.3 Å². The number of halogens is 2. The maximum Gasteiger partial charge on any atom is 0.358 e. The number of rotatable bonds is 6. The number of hydrogen-bond acceptors (Lipinski definition) is 6. The molecule has 0 saturated heterocycles. The fraction of sp³-hybridized carbons (Fsp3) is 0.190. The summed E-state index contributed by atoms with van der Waals surface area (Å²) in [7, 11) is 1.47. The van der Waals surface area contributed by atoms with E-state index in [0.29, 0.717) is 26.5 Å². The zero-order chi connectivity index (χ0) is 21.8. The third-order valence-corrected chi connectivity index (χ3v) is 5.71. The first kappa shape index (κ1) is 22.1. The Morgan fingerprint density at radius 3 is 2.67 bits per heavy atom. The van der Waals surface area contributed by atoms with Crippen molar-refractivity contribution in [2.75, 3.05) is 12.4 Å². The highest BCUT2D eigenvalue weighted by molar-refractivity contribution is 7.13. The average Bonchev–Trinajstić information content (AvgIpc) is 3.21. The first-order chi connectivity index (χ1) is 14.3. The molecule has 0 aliphatic rings. The van der Waals surface area contributed by atoms with Crippen LogP contribution in [0.25, 0.3) is 10.6 Å². The van der Waals surface area contributed by atoms with Crippen LogP contribution in [0.15, 0.2) is 41.8 Å².